The summed E-state index contributed by atoms with van der Waals surface area (Å²) in [5.41, 5.74) is 1.76. The van der Waals surface area contributed by atoms with Crippen molar-refractivity contribution in [2.24, 2.45) is 5.92 Å². The molecule has 0 saturated heterocycles. The highest BCUT2D eigenvalue weighted by atomic mass is 32.2. The van der Waals surface area contributed by atoms with Crippen LogP contribution in [0.5, 0.6) is 0 Å². The first-order chi connectivity index (χ1) is 13.2. The molecule has 0 aliphatic heterocycles. The van der Waals surface area contributed by atoms with Gasteiger partial charge >= 0.3 is 0 Å². The van der Waals surface area contributed by atoms with Crippen LogP contribution in [0.15, 0.2) is 64.2 Å². The molecule has 8 heteroatoms. The van der Waals surface area contributed by atoms with Crippen LogP contribution in [0.1, 0.15) is 19.7 Å². The maximum Gasteiger partial charge on any atom is 0.203 e. The Morgan fingerprint density at radius 3 is 2.59 bits per heavy atom. The molecule has 0 N–H and O–H groups in total. The first kappa shape index (κ1) is 17.8. The molecule has 0 fully saturated rings. The number of benzene rings is 1. The van der Waals surface area contributed by atoms with E-state index in [4.69, 9.17) is 0 Å². The van der Waals surface area contributed by atoms with Gasteiger partial charge in [0, 0.05) is 18.3 Å². The number of para-hydroxylation sites is 1. The number of hydrogen-bond acceptors (Lipinski definition) is 7. The highest BCUT2D eigenvalue weighted by Gasteiger charge is 2.19. The Kier molecular flexibility index (Phi) is 5.26. The largest absolute Gasteiger partial charge is 0.268 e. The molecule has 0 amide bonds. The van der Waals surface area contributed by atoms with Crippen molar-refractivity contribution in [1.29, 1.82) is 0 Å². The van der Waals surface area contributed by atoms with Gasteiger partial charge in [-0.1, -0.05) is 38.1 Å². The number of nitrogens with zero attached hydrogens (tertiary/aromatic N) is 6. The summed E-state index contributed by atoms with van der Waals surface area (Å²) in [6.07, 6.45) is 2.64. The lowest BCUT2D eigenvalue weighted by Gasteiger charge is -2.08. The van der Waals surface area contributed by atoms with Crippen LogP contribution in [0.25, 0.3) is 17.2 Å². The summed E-state index contributed by atoms with van der Waals surface area (Å²) in [5.74, 6) is 2.12. The van der Waals surface area contributed by atoms with E-state index in [-0.39, 0.29) is 0 Å². The van der Waals surface area contributed by atoms with Gasteiger partial charge < -0.3 is 0 Å². The van der Waals surface area contributed by atoms with Gasteiger partial charge in [-0.3, -0.25) is 9.55 Å². The normalized spacial score (nSPS) is 11.2. The molecular weight excluding hydrogens is 376 g/mol. The smallest absolute Gasteiger partial charge is 0.203 e. The van der Waals surface area contributed by atoms with Crippen molar-refractivity contribution in [3.8, 4) is 17.2 Å². The van der Waals surface area contributed by atoms with E-state index in [1.54, 1.807) is 6.20 Å². The molecule has 4 rings (SSSR count). The van der Waals surface area contributed by atoms with Gasteiger partial charge in [0.15, 0.2) is 10.2 Å². The zero-order valence-corrected chi connectivity index (χ0v) is 16.6. The monoisotopic (exact) mass is 394 g/mol. The molecule has 0 unspecified atom stereocenters. The lowest BCUT2D eigenvalue weighted by molar-refractivity contribution is 0.625. The number of rotatable bonds is 6. The van der Waals surface area contributed by atoms with Crippen molar-refractivity contribution in [1.82, 2.24) is 29.1 Å². The second kappa shape index (κ2) is 7.98. The molecule has 3 aromatic heterocycles. The molecule has 4 aromatic rings. The van der Waals surface area contributed by atoms with Gasteiger partial charge in [-0.25, -0.2) is 4.98 Å². The van der Waals surface area contributed by atoms with Gasteiger partial charge in [0.1, 0.15) is 11.5 Å². The molecule has 1 aromatic carbocycles. The molecule has 0 bridgehead atoms. The Morgan fingerprint density at radius 1 is 1.04 bits per heavy atom. The van der Waals surface area contributed by atoms with E-state index < -0.39 is 0 Å². The maximum absolute atomic E-state index is 4.64. The van der Waals surface area contributed by atoms with Crippen molar-refractivity contribution in [3.63, 3.8) is 0 Å². The van der Waals surface area contributed by atoms with Crippen LogP contribution in [0.4, 0.5) is 0 Å². The molecule has 136 valence electrons. The Morgan fingerprint density at radius 2 is 1.85 bits per heavy atom. The summed E-state index contributed by atoms with van der Waals surface area (Å²) < 4.78 is 7.33. The predicted molar refractivity (Wildman–Crippen MR) is 107 cm³/mol. The number of hydrogen-bond donors (Lipinski definition) is 0. The lowest BCUT2D eigenvalue weighted by Crippen LogP contribution is -2.00. The van der Waals surface area contributed by atoms with E-state index in [1.807, 2.05) is 53.1 Å². The van der Waals surface area contributed by atoms with E-state index in [1.165, 1.54) is 23.3 Å². The molecule has 0 radical (unpaired) electrons. The summed E-state index contributed by atoms with van der Waals surface area (Å²) >= 11 is 2.88. The van der Waals surface area contributed by atoms with E-state index in [9.17, 15) is 0 Å². The number of aromatic nitrogens is 6. The fraction of sp³-hybridized carbons (Fsp3) is 0.211. The van der Waals surface area contributed by atoms with Crippen LogP contribution in [-0.2, 0) is 6.42 Å². The molecule has 0 aliphatic carbocycles. The zero-order chi connectivity index (χ0) is 18.6. The van der Waals surface area contributed by atoms with Crippen LogP contribution in [0.2, 0.25) is 0 Å². The molecule has 0 spiro atoms. The summed E-state index contributed by atoms with van der Waals surface area (Å²) in [6, 6.07) is 15.8. The van der Waals surface area contributed by atoms with Crippen LogP contribution in [0.3, 0.4) is 0 Å². The van der Waals surface area contributed by atoms with Crippen LogP contribution in [-0.4, -0.2) is 29.1 Å². The fourth-order valence-electron chi connectivity index (χ4n) is 2.61. The Labute approximate surface area is 165 Å². The van der Waals surface area contributed by atoms with Crippen molar-refractivity contribution in [2.45, 2.75) is 29.8 Å². The van der Waals surface area contributed by atoms with Crippen molar-refractivity contribution in [2.75, 3.05) is 0 Å². The topological polar surface area (TPSA) is 69.4 Å². The third kappa shape index (κ3) is 4.06. The minimum absolute atomic E-state index is 0.529. The van der Waals surface area contributed by atoms with E-state index >= 15 is 0 Å². The summed E-state index contributed by atoms with van der Waals surface area (Å²) in [7, 11) is 0. The van der Waals surface area contributed by atoms with Gasteiger partial charge in [0.2, 0.25) is 5.16 Å². The average Bonchev–Trinajstić information content (AvgIpc) is 3.30. The van der Waals surface area contributed by atoms with Crippen LogP contribution in [0, 0.1) is 5.92 Å². The summed E-state index contributed by atoms with van der Waals surface area (Å²) in [4.78, 5) is 9.07. The summed E-state index contributed by atoms with van der Waals surface area (Å²) in [6.45, 7) is 4.33. The maximum atomic E-state index is 4.64. The highest BCUT2D eigenvalue weighted by Crippen LogP contribution is 2.32. The van der Waals surface area contributed by atoms with E-state index in [0.717, 1.165) is 33.1 Å². The van der Waals surface area contributed by atoms with Gasteiger partial charge in [0.05, 0.1) is 0 Å². The highest BCUT2D eigenvalue weighted by molar-refractivity contribution is 8.00. The lowest BCUT2D eigenvalue weighted by atomic mass is 10.1. The zero-order valence-electron chi connectivity index (χ0n) is 15.0. The minimum atomic E-state index is 0.529. The van der Waals surface area contributed by atoms with Gasteiger partial charge in [-0.2, -0.15) is 4.37 Å². The van der Waals surface area contributed by atoms with Gasteiger partial charge in [-0.05, 0) is 53.5 Å². The molecular formula is C19H18N6S2. The molecule has 0 saturated carbocycles. The van der Waals surface area contributed by atoms with Gasteiger partial charge in [-0.15, -0.1) is 10.2 Å². The number of pyridine rings is 1. The second-order valence-corrected chi connectivity index (χ2v) is 8.33. The first-order valence-corrected chi connectivity index (χ1v) is 10.2. The average molecular weight is 395 g/mol. The Hall–Kier alpha value is -2.58. The fourth-order valence-corrected chi connectivity index (χ4v) is 4.21. The predicted octanol–water partition coefficient (Wildman–Crippen LogP) is 4.53. The molecule has 27 heavy (non-hydrogen) atoms. The summed E-state index contributed by atoms with van der Waals surface area (Å²) in [5, 5.41) is 9.55. The molecule has 0 aliphatic rings. The first-order valence-electron chi connectivity index (χ1n) is 8.63. The SMILES string of the molecule is CC(C)Cc1nsc(Sc2nnc(-c3ccccn3)n2-c2ccccc2)n1. The van der Waals surface area contributed by atoms with Crippen molar-refractivity contribution < 1.29 is 0 Å². The van der Waals surface area contributed by atoms with Crippen molar-refractivity contribution >= 4 is 23.3 Å². The second-order valence-electron chi connectivity index (χ2n) is 6.37. The van der Waals surface area contributed by atoms with Gasteiger partial charge in [0.25, 0.3) is 0 Å². The van der Waals surface area contributed by atoms with E-state index in [0.29, 0.717) is 11.7 Å². The van der Waals surface area contributed by atoms with E-state index in [2.05, 4.69) is 38.4 Å². The third-order valence-corrected chi connectivity index (χ3v) is 5.50. The molecule has 3 heterocycles. The molecule has 6 nitrogen and oxygen atoms in total. The quantitative estimate of drug-likeness (QED) is 0.478. The Bertz CT molecular complexity index is 1010. The standard InChI is InChI=1S/C19H18N6S2/c1-13(2)12-16-21-19(27-24-16)26-18-23-22-17(15-10-6-7-11-20-15)25(18)14-8-4-3-5-9-14/h3-11,13H,12H2,1-2H3. The van der Waals surface area contributed by atoms with Crippen molar-refractivity contribution in [3.05, 3.63) is 60.6 Å². The minimum Gasteiger partial charge on any atom is -0.268 e. The molecule has 0 atom stereocenters. The Balaban J connectivity index is 1.73. The van der Waals surface area contributed by atoms with Crippen LogP contribution < -0.4 is 0 Å². The third-order valence-electron chi connectivity index (χ3n) is 3.76. The van der Waals surface area contributed by atoms with Crippen LogP contribution >= 0.6 is 23.3 Å².